The predicted molar refractivity (Wildman–Crippen MR) is 77.6 cm³/mol. The third-order valence-electron chi connectivity index (χ3n) is 3.81. The molecule has 112 valence electrons. The summed E-state index contributed by atoms with van der Waals surface area (Å²) in [4.78, 5) is 2.14. The van der Waals surface area contributed by atoms with Crippen molar-refractivity contribution in [2.24, 2.45) is 5.73 Å². The summed E-state index contributed by atoms with van der Waals surface area (Å²) >= 11 is 0. The average Bonchev–Trinajstić information content (AvgIpc) is 2.36. The molecule has 0 amide bonds. The lowest BCUT2D eigenvalue weighted by molar-refractivity contribution is 0.218. The van der Waals surface area contributed by atoms with Crippen molar-refractivity contribution in [2.45, 2.75) is 25.4 Å². The lowest BCUT2D eigenvalue weighted by Gasteiger charge is -2.33. The minimum Gasteiger partial charge on any atom is -0.324 e. The maximum atomic E-state index is 13.1. The van der Waals surface area contributed by atoms with Crippen LogP contribution in [-0.2, 0) is 9.84 Å². The molecule has 2 N–H and O–H groups in total. The van der Waals surface area contributed by atoms with Crippen molar-refractivity contribution in [3.8, 4) is 0 Å². The van der Waals surface area contributed by atoms with Crippen molar-refractivity contribution in [1.29, 1.82) is 0 Å². The van der Waals surface area contributed by atoms with E-state index in [0.29, 0.717) is 13.0 Å². The summed E-state index contributed by atoms with van der Waals surface area (Å²) in [7, 11) is -2.88. The molecule has 4 nitrogen and oxygen atoms in total. The third kappa shape index (κ3) is 4.01. The Morgan fingerprint density at radius 3 is 2.90 bits per heavy atom. The number of rotatable bonds is 4. The summed E-state index contributed by atoms with van der Waals surface area (Å²) in [6, 6.07) is 6.12. The summed E-state index contributed by atoms with van der Waals surface area (Å²) in [6.45, 7) is 3.21. The molecule has 0 aromatic heterocycles. The molecule has 2 unspecified atom stereocenters. The van der Waals surface area contributed by atoms with E-state index in [2.05, 4.69) is 4.90 Å². The second-order valence-electron chi connectivity index (χ2n) is 5.45. The normalized spacial score (nSPS) is 24.4. The van der Waals surface area contributed by atoms with E-state index in [1.807, 2.05) is 13.0 Å². The number of halogens is 1. The molecule has 6 heteroatoms. The molecule has 0 saturated carbocycles. The van der Waals surface area contributed by atoms with Gasteiger partial charge in [-0.1, -0.05) is 12.1 Å². The minimum absolute atomic E-state index is 0.0217. The van der Waals surface area contributed by atoms with Gasteiger partial charge in [-0.15, -0.1) is 0 Å². The van der Waals surface area contributed by atoms with Gasteiger partial charge < -0.3 is 5.73 Å². The third-order valence-corrected chi connectivity index (χ3v) is 5.61. The van der Waals surface area contributed by atoms with Gasteiger partial charge in [0.15, 0.2) is 9.84 Å². The van der Waals surface area contributed by atoms with Crippen LogP contribution in [0.3, 0.4) is 0 Å². The van der Waals surface area contributed by atoms with Crippen LogP contribution in [0.15, 0.2) is 24.3 Å². The van der Waals surface area contributed by atoms with E-state index in [1.165, 1.54) is 12.1 Å². The fourth-order valence-corrected chi connectivity index (χ4v) is 4.20. The SMILES string of the molecule is CC1CS(=O)(=O)CCN1CCC(N)c1cccc(F)c1. The lowest BCUT2D eigenvalue weighted by atomic mass is 10.0. The van der Waals surface area contributed by atoms with Gasteiger partial charge in [0.2, 0.25) is 0 Å². The summed E-state index contributed by atoms with van der Waals surface area (Å²) in [5.41, 5.74) is 6.85. The Morgan fingerprint density at radius 2 is 2.25 bits per heavy atom. The van der Waals surface area contributed by atoms with Crippen LogP contribution in [0.25, 0.3) is 0 Å². The minimum atomic E-state index is -2.88. The zero-order chi connectivity index (χ0) is 14.8. The smallest absolute Gasteiger partial charge is 0.153 e. The summed E-state index contributed by atoms with van der Waals surface area (Å²) in [5, 5.41) is 0. The molecule has 0 bridgehead atoms. The molecular weight excluding hydrogens is 279 g/mol. The largest absolute Gasteiger partial charge is 0.324 e. The summed E-state index contributed by atoms with van der Waals surface area (Å²) in [5.74, 6) is 0.143. The first-order valence-electron chi connectivity index (χ1n) is 6.83. The van der Waals surface area contributed by atoms with E-state index in [-0.39, 0.29) is 29.4 Å². The van der Waals surface area contributed by atoms with E-state index < -0.39 is 9.84 Å². The molecule has 1 saturated heterocycles. The Kier molecular flexibility index (Phi) is 4.78. The molecule has 0 spiro atoms. The molecule has 1 heterocycles. The molecule has 1 fully saturated rings. The van der Waals surface area contributed by atoms with Crippen molar-refractivity contribution >= 4 is 9.84 Å². The highest BCUT2D eigenvalue weighted by Crippen LogP contribution is 2.18. The van der Waals surface area contributed by atoms with Gasteiger partial charge in [0, 0.05) is 25.2 Å². The maximum Gasteiger partial charge on any atom is 0.153 e. The van der Waals surface area contributed by atoms with Gasteiger partial charge in [-0.3, -0.25) is 4.90 Å². The molecule has 1 aromatic carbocycles. The van der Waals surface area contributed by atoms with Gasteiger partial charge in [-0.05, 0) is 31.0 Å². The molecule has 2 atom stereocenters. The molecule has 0 aliphatic carbocycles. The molecule has 20 heavy (non-hydrogen) atoms. The predicted octanol–water partition coefficient (Wildman–Crippen LogP) is 1.33. The molecule has 2 rings (SSSR count). The first-order chi connectivity index (χ1) is 9.37. The Bertz CT molecular complexity index is 562. The van der Waals surface area contributed by atoms with Crippen molar-refractivity contribution in [3.05, 3.63) is 35.6 Å². The van der Waals surface area contributed by atoms with Gasteiger partial charge in [0.05, 0.1) is 11.5 Å². The van der Waals surface area contributed by atoms with Crippen LogP contribution in [0.2, 0.25) is 0 Å². The highest BCUT2D eigenvalue weighted by Gasteiger charge is 2.27. The van der Waals surface area contributed by atoms with E-state index in [9.17, 15) is 12.8 Å². The zero-order valence-electron chi connectivity index (χ0n) is 11.6. The summed E-state index contributed by atoms with van der Waals surface area (Å²) < 4.78 is 36.2. The second kappa shape index (κ2) is 6.20. The van der Waals surface area contributed by atoms with E-state index >= 15 is 0 Å². The lowest BCUT2D eigenvalue weighted by Crippen LogP contribution is -2.47. The quantitative estimate of drug-likeness (QED) is 0.911. The average molecular weight is 300 g/mol. The standard InChI is InChI=1S/C14H21FN2O2S/c1-11-10-20(18,19)8-7-17(11)6-5-14(16)12-3-2-4-13(15)9-12/h2-4,9,11,14H,5-8,10,16H2,1H3. The van der Waals surface area contributed by atoms with Crippen LogP contribution in [0, 0.1) is 5.82 Å². The molecule has 1 aliphatic heterocycles. The highest BCUT2D eigenvalue weighted by atomic mass is 32.2. The van der Waals surface area contributed by atoms with Crippen LogP contribution in [0.1, 0.15) is 24.9 Å². The van der Waals surface area contributed by atoms with Crippen LogP contribution < -0.4 is 5.73 Å². The Labute approximate surface area is 119 Å². The van der Waals surface area contributed by atoms with E-state index in [0.717, 1.165) is 12.1 Å². The topological polar surface area (TPSA) is 63.4 Å². The fourth-order valence-electron chi connectivity index (χ4n) is 2.57. The van der Waals surface area contributed by atoms with Gasteiger partial charge in [-0.25, -0.2) is 12.8 Å². The second-order valence-corrected chi connectivity index (χ2v) is 7.68. The Balaban J connectivity index is 1.89. The van der Waals surface area contributed by atoms with Gasteiger partial charge in [0.25, 0.3) is 0 Å². The van der Waals surface area contributed by atoms with Crippen LogP contribution in [-0.4, -0.2) is 44.0 Å². The molecular formula is C14H21FN2O2S. The van der Waals surface area contributed by atoms with Crippen molar-refractivity contribution in [2.75, 3.05) is 24.6 Å². The summed E-state index contributed by atoms with van der Waals surface area (Å²) in [6.07, 6.45) is 0.688. The van der Waals surface area contributed by atoms with Crippen molar-refractivity contribution in [1.82, 2.24) is 4.90 Å². The first-order valence-corrected chi connectivity index (χ1v) is 8.65. The van der Waals surface area contributed by atoms with Gasteiger partial charge >= 0.3 is 0 Å². The zero-order valence-corrected chi connectivity index (χ0v) is 12.4. The first kappa shape index (κ1) is 15.4. The van der Waals surface area contributed by atoms with E-state index in [1.54, 1.807) is 6.07 Å². The van der Waals surface area contributed by atoms with Gasteiger partial charge in [0.1, 0.15) is 5.82 Å². The van der Waals surface area contributed by atoms with E-state index in [4.69, 9.17) is 5.73 Å². The maximum absolute atomic E-state index is 13.1. The Morgan fingerprint density at radius 1 is 1.50 bits per heavy atom. The fraction of sp³-hybridized carbons (Fsp3) is 0.571. The number of hydrogen-bond donors (Lipinski definition) is 1. The number of nitrogens with zero attached hydrogens (tertiary/aromatic N) is 1. The van der Waals surface area contributed by atoms with Crippen molar-refractivity contribution < 1.29 is 12.8 Å². The monoisotopic (exact) mass is 300 g/mol. The van der Waals surface area contributed by atoms with Crippen LogP contribution in [0.4, 0.5) is 4.39 Å². The highest BCUT2D eigenvalue weighted by molar-refractivity contribution is 7.91. The Hall–Kier alpha value is -0.980. The molecule has 0 radical (unpaired) electrons. The number of benzene rings is 1. The van der Waals surface area contributed by atoms with Gasteiger partial charge in [-0.2, -0.15) is 0 Å². The molecule has 1 aliphatic rings. The van der Waals surface area contributed by atoms with Crippen LogP contribution in [0.5, 0.6) is 0 Å². The van der Waals surface area contributed by atoms with Crippen molar-refractivity contribution in [3.63, 3.8) is 0 Å². The number of hydrogen-bond acceptors (Lipinski definition) is 4. The van der Waals surface area contributed by atoms with Crippen LogP contribution >= 0.6 is 0 Å². The number of sulfone groups is 1. The molecule has 1 aromatic rings. The number of nitrogens with two attached hydrogens (primary N) is 1.